The summed E-state index contributed by atoms with van der Waals surface area (Å²) < 4.78 is 0. The van der Waals surface area contributed by atoms with Crippen molar-refractivity contribution in [1.82, 2.24) is 10.2 Å². The third-order valence-electron chi connectivity index (χ3n) is 3.54. The molecule has 0 saturated carbocycles. The Morgan fingerprint density at radius 1 is 1.35 bits per heavy atom. The molecule has 20 heavy (non-hydrogen) atoms. The predicted octanol–water partition coefficient (Wildman–Crippen LogP) is 3.76. The fourth-order valence-electron chi connectivity index (χ4n) is 2.35. The molecule has 2 amide bonds. The number of nitrogens with zero attached hydrogens (tertiary/aromatic N) is 1. The van der Waals surface area contributed by atoms with E-state index in [0.717, 1.165) is 12.3 Å². The first-order chi connectivity index (χ1) is 9.43. The zero-order valence-corrected chi connectivity index (χ0v) is 13.6. The third-order valence-corrected chi connectivity index (χ3v) is 4.80. The second kappa shape index (κ2) is 6.08. The molecule has 1 aromatic rings. The number of amides is 2. The van der Waals surface area contributed by atoms with Gasteiger partial charge in [-0.2, -0.15) is 0 Å². The average molecular weight is 292 g/mol. The van der Waals surface area contributed by atoms with Crippen LogP contribution in [0.5, 0.6) is 0 Å². The zero-order chi connectivity index (χ0) is 14.8. The SMILES string of the molecule is CCNC(=O)N1CCSC1c1ccc(C(C)(C)C)cc1. The normalized spacial score (nSPS) is 19.2. The molecule has 0 spiro atoms. The van der Waals surface area contributed by atoms with Crippen LogP contribution in [0.25, 0.3) is 0 Å². The lowest BCUT2D eigenvalue weighted by molar-refractivity contribution is 0.201. The van der Waals surface area contributed by atoms with Gasteiger partial charge in [0.2, 0.25) is 0 Å². The molecule has 1 aromatic carbocycles. The van der Waals surface area contributed by atoms with Gasteiger partial charge in [-0.05, 0) is 23.5 Å². The van der Waals surface area contributed by atoms with E-state index in [1.54, 1.807) is 0 Å². The van der Waals surface area contributed by atoms with Crippen molar-refractivity contribution >= 4 is 17.8 Å². The number of carbonyl (C=O) groups is 1. The predicted molar refractivity (Wildman–Crippen MR) is 86.1 cm³/mol. The van der Waals surface area contributed by atoms with E-state index in [4.69, 9.17) is 0 Å². The van der Waals surface area contributed by atoms with Gasteiger partial charge in [-0.1, -0.05) is 45.0 Å². The molecule has 1 aliphatic heterocycles. The summed E-state index contributed by atoms with van der Waals surface area (Å²) in [5.74, 6) is 1.00. The quantitative estimate of drug-likeness (QED) is 0.900. The van der Waals surface area contributed by atoms with E-state index >= 15 is 0 Å². The van der Waals surface area contributed by atoms with Gasteiger partial charge in [0.1, 0.15) is 5.37 Å². The highest BCUT2D eigenvalue weighted by Gasteiger charge is 2.30. The van der Waals surface area contributed by atoms with E-state index in [2.05, 4.69) is 50.4 Å². The summed E-state index contributed by atoms with van der Waals surface area (Å²) in [5, 5.41) is 3.05. The smallest absolute Gasteiger partial charge is 0.318 e. The largest absolute Gasteiger partial charge is 0.338 e. The van der Waals surface area contributed by atoms with E-state index in [1.807, 2.05) is 23.6 Å². The van der Waals surface area contributed by atoms with Crippen LogP contribution in [-0.2, 0) is 5.41 Å². The molecule has 0 aromatic heterocycles. The highest BCUT2D eigenvalue weighted by Crippen LogP contribution is 2.38. The number of benzene rings is 1. The molecule has 0 radical (unpaired) electrons. The Kier molecular flexibility index (Phi) is 4.63. The van der Waals surface area contributed by atoms with Crippen LogP contribution in [0.2, 0.25) is 0 Å². The Balaban J connectivity index is 2.16. The maximum atomic E-state index is 12.1. The standard InChI is InChI=1S/C16H24N2OS/c1-5-17-15(19)18-10-11-20-14(18)12-6-8-13(9-7-12)16(2,3)4/h6-9,14H,5,10-11H2,1-4H3,(H,17,19). The van der Waals surface area contributed by atoms with Gasteiger partial charge < -0.3 is 10.2 Å². The van der Waals surface area contributed by atoms with Gasteiger partial charge in [0.25, 0.3) is 0 Å². The van der Waals surface area contributed by atoms with Crippen LogP contribution < -0.4 is 5.32 Å². The molecular formula is C16H24N2OS. The number of carbonyl (C=O) groups excluding carboxylic acids is 1. The first kappa shape index (κ1) is 15.2. The van der Waals surface area contributed by atoms with E-state index < -0.39 is 0 Å². The molecule has 1 atom stereocenters. The molecule has 1 N–H and O–H groups in total. The molecule has 0 aliphatic carbocycles. The van der Waals surface area contributed by atoms with Crippen molar-refractivity contribution in [2.24, 2.45) is 0 Å². The summed E-state index contributed by atoms with van der Waals surface area (Å²) in [7, 11) is 0. The summed E-state index contributed by atoms with van der Waals surface area (Å²) in [6.07, 6.45) is 0. The van der Waals surface area contributed by atoms with Crippen molar-refractivity contribution < 1.29 is 4.79 Å². The second-order valence-electron chi connectivity index (χ2n) is 6.12. The summed E-state index contributed by atoms with van der Waals surface area (Å²) >= 11 is 1.84. The van der Waals surface area contributed by atoms with Crippen LogP contribution in [0.3, 0.4) is 0 Å². The number of urea groups is 1. The monoisotopic (exact) mass is 292 g/mol. The van der Waals surface area contributed by atoms with Crippen molar-refractivity contribution in [3.05, 3.63) is 35.4 Å². The second-order valence-corrected chi connectivity index (χ2v) is 7.31. The fourth-order valence-corrected chi connectivity index (χ4v) is 3.61. The lowest BCUT2D eigenvalue weighted by Crippen LogP contribution is -2.39. The molecular weight excluding hydrogens is 268 g/mol. The van der Waals surface area contributed by atoms with Gasteiger partial charge >= 0.3 is 6.03 Å². The van der Waals surface area contributed by atoms with Crippen molar-refractivity contribution in [3.8, 4) is 0 Å². The van der Waals surface area contributed by atoms with Crippen molar-refractivity contribution in [2.45, 2.75) is 38.5 Å². The maximum Gasteiger partial charge on any atom is 0.318 e. The summed E-state index contributed by atoms with van der Waals surface area (Å²) in [4.78, 5) is 14.0. The highest BCUT2D eigenvalue weighted by molar-refractivity contribution is 7.99. The van der Waals surface area contributed by atoms with Crippen molar-refractivity contribution in [2.75, 3.05) is 18.8 Å². The molecule has 110 valence electrons. The van der Waals surface area contributed by atoms with Crippen molar-refractivity contribution in [3.63, 3.8) is 0 Å². The van der Waals surface area contributed by atoms with E-state index in [-0.39, 0.29) is 16.8 Å². The Morgan fingerprint density at radius 2 is 2.00 bits per heavy atom. The molecule has 1 heterocycles. The Morgan fingerprint density at radius 3 is 2.55 bits per heavy atom. The van der Waals surface area contributed by atoms with Crippen LogP contribution in [0.15, 0.2) is 24.3 Å². The van der Waals surface area contributed by atoms with E-state index in [9.17, 15) is 4.79 Å². The fraction of sp³-hybridized carbons (Fsp3) is 0.562. The van der Waals surface area contributed by atoms with Crippen LogP contribution in [0.1, 0.15) is 44.2 Å². The van der Waals surface area contributed by atoms with E-state index in [0.29, 0.717) is 6.54 Å². The number of hydrogen-bond donors (Lipinski definition) is 1. The summed E-state index contributed by atoms with van der Waals surface area (Å²) in [6.45, 7) is 10.1. The Labute approximate surface area is 126 Å². The van der Waals surface area contributed by atoms with Gasteiger partial charge in [0, 0.05) is 18.8 Å². The number of rotatable bonds is 2. The van der Waals surface area contributed by atoms with Gasteiger partial charge in [0.05, 0.1) is 0 Å². The summed E-state index contributed by atoms with van der Waals surface area (Å²) in [6, 6.07) is 8.74. The maximum absolute atomic E-state index is 12.1. The minimum absolute atomic E-state index is 0.0439. The molecule has 1 unspecified atom stereocenters. The van der Waals surface area contributed by atoms with Crippen molar-refractivity contribution in [1.29, 1.82) is 0 Å². The first-order valence-electron chi connectivity index (χ1n) is 7.20. The molecule has 3 nitrogen and oxygen atoms in total. The topological polar surface area (TPSA) is 32.3 Å². The lowest BCUT2D eigenvalue weighted by Gasteiger charge is -2.25. The molecule has 1 fully saturated rings. The minimum atomic E-state index is 0.0439. The highest BCUT2D eigenvalue weighted by atomic mass is 32.2. The Hall–Kier alpha value is -1.16. The molecule has 0 bridgehead atoms. The third kappa shape index (κ3) is 3.29. The number of hydrogen-bond acceptors (Lipinski definition) is 2. The zero-order valence-electron chi connectivity index (χ0n) is 12.8. The van der Waals surface area contributed by atoms with Crippen LogP contribution >= 0.6 is 11.8 Å². The van der Waals surface area contributed by atoms with Crippen LogP contribution in [0, 0.1) is 0 Å². The lowest BCUT2D eigenvalue weighted by atomic mass is 9.87. The van der Waals surface area contributed by atoms with Gasteiger partial charge in [-0.3, -0.25) is 0 Å². The number of nitrogens with one attached hydrogen (secondary N) is 1. The Bertz CT molecular complexity index is 464. The van der Waals surface area contributed by atoms with Gasteiger partial charge in [0.15, 0.2) is 0 Å². The molecule has 1 aliphatic rings. The van der Waals surface area contributed by atoms with E-state index in [1.165, 1.54) is 11.1 Å². The molecule has 1 saturated heterocycles. The average Bonchev–Trinajstić information content (AvgIpc) is 2.87. The first-order valence-corrected chi connectivity index (χ1v) is 8.25. The minimum Gasteiger partial charge on any atom is -0.338 e. The van der Waals surface area contributed by atoms with Crippen LogP contribution in [0.4, 0.5) is 4.79 Å². The molecule has 2 rings (SSSR count). The van der Waals surface area contributed by atoms with Gasteiger partial charge in [-0.25, -0.2) is 4.79 Å². The molecule has 4 heteroatoms. The van der Waals surface area contributed by atoms with Gasteiger partial charge in [-0.15, -0.1) is 11.8 Å². The summed E-state index contributed by atoms with van der Waals surface area (Å²) in [5.41, 5.74) is 2.71. The van der Waals surface area contributed by atoms with Crippen LogP contribution in [-0.4, -0.2) is 29.8 Å². The number of thioether (sulfide) groups is 1.